The van der Waals surface area contributed by atoms with Crippen molar-refractivity contribution in [2.75, 3.05) is 19.0 Å². The van der Waals surface area contributed by atoms with Gasteiger partial charge in [0.25, 0.3) is 5.91 Å². The summed E-state index contributed by atoms with van der Waals surface area (Å²) in [6.07, 6.45) is 0. The topological polar surface area (TPSA) is 86.5 Å². The van der Waals surface area contributed by atoms with E-state index in [1.54, 1.807) is 43.5 Å². The molecule has 0 aliphatic carbocycles. The van der Waals surface area contributed by atoms with Crippen LogP contribution < -0.4 is 14.8 Å². The Kier molecular flexibility index (Phi) is 5.70. The van der Waals surface area contributed by atoms with Gasteiger partial charge in [-0.05, 0) is 48.5 Å². The third-order valence-electron chi connectivity index (χ3n) is 4.30. The molecular formula is C23H19N3O4. The van der Waals surface area contributed by atoms with Crippen molar-refractivity contribution in [2.45, 2.75) is 0 Å². The molecule has 1 aromatic heterocycles. The first-order chi connectivity index (χ1) is 14.7. The van der Waals surface area contributed by atoms with E-state index < -0.39 is 0 Å². The summed E-state index contributed by atoms with van der Waals surface area (Å²) in [6, 6.07) is 23.9. The van der Waals surface area contributed by atoms with Crippen molar-refractivity contribution in [2.24, 2.45) is 0 Å². The quantitative estimate of drug-likeness (QED) is 0.493. The van der Waals surface area contributed by atoms with E-state index in [-0.39, 0.29) is 12.5 Å². The number of rotatable bonds is 7. The fourth-order valence-electron chi connectivity index (χ4n) is 2.81. The number of nitrogens with one attached hydrogen (secondary N) is 1. The van der Waals surface area contributed by atoms with E-state index >= 15 is 0 Å². The summed E-state index contributed by atoms with van der Waals surface area (Å²) in [4.78, 5) is 12.2. The second-order valence-corrected chi connectivity index (χ2v) is 6.34. The maximum Gasteiger partial charge on any atom is 0.262 e. The van der Waals surface area contributed by atoms with Gasteiger partial charge in [0, 0.05) is 11.1 Å². The van der Waals surface area contributed by atoms with E-state index in [4.69, 9.17) is 13.9 Å². The summed E-state index contributed by atoms with van der Waals surface area (Å²) in [5.41, 5.74) is 2.21. The SMILES string of the molecule is COc1ccccc1NC(=O)COc1ccc(-c2nnc(-c3ccccc3)o2)cc1. The van der Waals surface area contributed by atoms with Crippen molar-refractivity contribution in [1.82, 2.24) is 10.2 Å². The molecular weight excluding hydrogens is 382 g/mol. The van der Waals surface area contributed by atoms with Crippen LogP contribution in [0, 0.1) is 0 Å². The molecule has 0 bridgehead atoms. The number of hydrogen-bond acceptors (Lipinski definition) is 6. The van der Waals surface area contributed by atoms with Crippen molar-refractivity contribution < 1.29 is 18.7 Å². The normalized spacial score (nSPS) is 10.4. The van der Waals surface area contributed by atoms with E-state index in [1.807, 2.05) is 42.5 Å². The standard InChI is InChI=1S/C23H19N3O4/c1-28-20-10-6-5-9-19(20)24-21(27)15-29-18-13-11-17(12-14-18)23-26-25-22(30-23)16-7-3-2-4-8-16/h2-14H,15H2,1H3,(H,24,27). The summed E-state index contributed by atoms with van der Waals surface area (Å²) >= 11 is 0. The Morgan fingerprint density at radius 1 is 0.867 bits per heavy atom. The van der Waals surface area contributed by atoms with Crippen molar-refractivity contribution in [3.63, 3.8) is 0 Å². The lowest BCUT2D eigenvalue weighted by Crippen LogP contribution is -2.20. The molecule has 150 valence electrons. The molecule has 1 amide bonds. The molecule has 7 nitrogen and oxygen atoms in total. The van der Waals surface area contributed by atoms with Gasteiger partial charge in [-0.25, -0.2) is 0 Å². The number of anilines is 1. The Bertz CT molecular complexity index is 1120. The molecule has 1 N–H and O–H groups in total. The lowest BCUT2D eigenvalue weighted by Gasteiger charge is -2.10. The van der Waals surface area contributed by atoms with Crippen LogP contribution in [0.3, 0.4) is 0 Å². The maximum absolute atomic E-state index is 12.2. The number of benzene rings is 3. The fourth-order valence-corrected chi connectivity index (χ4v) is 2.81. The molecule has 0 saturated heterocycles. The second-order valence-electron chi connectivity index (χ2n) is 6.34. The smallest absolute Gasteiger partial charge is 0.262 e. The predicted octanol–water partition coefficient (Wildman–Crippen LogP) is 4.43. The number of methoxy groups -OCH3 is 1. The largest absolute Gasteiger partial charge is 0.495 e. The van der Waals surface area contributed by atoms with Crippen LogP contribution in [-0.2, 0) is 4.79 Å². The summed E-state index contributed by atoms with van der Waals surface area (Å²) in [6.45, 7) is -0.129. The molecule has 0 atom stereocenters. The highest BCUT2D eigenvalue weighted by molar-refractivity contribution is 5.93. The van der Waals surface area contributed by atoms with Crippen molar-refractivity contribution >= 4 is 11.6 Å². The third kappa shape index (κ3) is 4.47. The Labute approximate surface area is 173 Å². The molecule has 4 aromatic rings. The minimum absolute atomic E-state index is 0.129. The average Bonchev–Trinajstić information content (AvgIpc) is 3.29. The first-order valence-electron chi connectivity index (χ1n) is 9.28. The number of nitrogens with zero attached hydrogens (tertiary/aromatic N) is 2. The number of ether oxygens (including phenoxy) is 2. The number of hydrogen-bond donors (Lipinski definition) is 1. The zero-order valence-corrected chi connectivity index (χ0v) is 16.2. The van der Waals surface area contributed by atoms with Gasteiger partial charge in [-0.1, -0.05) is 30.3 Å². The van der Waals surface area contributed by atoms with E-state index in [2.05, 4.69) is 15.5 Å². The predicted molar refractivity (Wildman–Crippen MR) is 112 cm³/mol. The van der Waals surface area contributed by atoms with Gasteiger partial charge in [0.15, 0.2) is 6.61 Å². The van der Waals surface area contributed by atoms with Crippen molar-refractivity contribution in [1.29, 1.82) is 0 Å². The van der Waals surface area contributed by atoms with Gasteiger partial charge in [0.05, 0.1) is 12.8 Å². The first-order valence-corrected chi connectivity index (χ1v) is 9.28. The minimum atomic E-state index is -0.284. The molecule has 30 heavy (non-hydrogen) atoms. The number of carbonyl (C=O) groups is 1. The van der Waals surface area contributed by atoms with Gasteiger partial charge < -0.3 is 19.2 Å². The lowest BCUT2D eigenvalue weighted by molar-refractivity contribution is -0.118. The van der Waals surface area contributed by atoms with Crippen LogP contribution in [0.4, 0.5) is 5.69 Å². The number of para-hydroxylation sites is 2. The molecule has 0 aliphatic rings. The van der Waals surface area contributed by atoms with E-state index in [0.717, 1.165) is 11.1 Å². The highest BCUT2D eigenvalue weighted by Crippen LogP contribution is 2.26. The fraction of sp³-hybridized carbons (Fsp3) is 0.0870. The number of amides is 1. The highest BCUT2D eigenvalue weighted by Gasteiger charge is 2.11. The minimum Gasteiger partial charge on any atom is -0.495 e. The zero-order valence-electron chi connectivity index (χ0n) is 16.2. The van der Waals surface area contributed by atoms with Gasteiger partial charge >= 0.3 is 0 Å². The molecule has 0 aliphatic heterocycles. The van der Waals surface area contributed by atoms with Crippen LogP contribution in [-0.4, -0.2) is 29.8 Å². The average molecular weight is 401 g/mol. The molecule has 7 heteroatoms. The molecule has 0 saturated carbocycles. The Hall–Kier alpha value is -4.13. The zero-order chi connectivity index (χ0) is 20.8. The molecule has 3 aromatic carbocycles. The van der Waals surface area contributed by atoms with Crippen molar-refractivity contribution in [3.05, 3.63) is 78.9 Å². The van der Waals surface area contributed by atoms with Gasteiger partial charge in [0.2, 0.25) is 11.8 Å². The summed E-state index contributed by atoms with van der Waals surface area (Å²) in [7, 11) is 1.55. The number of carbonyl (C=O) groups excluding carboxylic acids is 1. The van der Waals surface area contributed by atoms with Gasteiger partial charge in [-0.2, -0.15) is 0 Å². The summed E-state index contributed by atoms with van der Waals surface area (Å²) in [5, 5.41) is 10.9. The van der Waals surface area contributed by atoms with E-state index in [9.17, 15) is 4.79 Å². The van der Waals surface area contributed by atoms with Crippen LogP contribution in [0.25, 0.3) is 22.9 Å². The molecule has 0 spiro atoms. The highest BCUT2D eigenvalue weighted by atomic mass is 16.5. The van der Waals surface area contributed by atoms with Gasteiger partial charge in [0.1, 0.15) is 11.5 Å². The van der Waals surface area contributed by atoms with Gasteiger partial charge in [-0.15, -0.1) is 10.2 Å². The molecule has 0 unspecified atom stereocenters. The Balaban J connectivity index is 1.36. The number of aromatic nitrogens is 2. The van der Waals surface area contributed by atoms with Crippen LogP contribution in [0.1, 0.15) is 0 Å². The second kappa shape index (κ2) is 8.91. The van der Waals surface area contributed by atoms with E-state index in [1.165, 1.54) is 0 Å². The Morgan fingerprint density at radius 3 is 2.20 bits per heavy atom. The molecule has 4 rings (SSSR count). The van der Waals surface area contributed by atoms with E-state index in [0.29, 0.717) is 29.0 Å². The molecule has 0 radical (unpaired) electrons. The monoisotopic (exact) mass is 401 g/mol. The maximum atomic E-state index is 12.2. The van der Waals surface area contributed by atoms with Crippen LogP contribution >= 0.6 is 0 Å². The molecule has 1 heterocycles. The van der Waals surface area contributed by atoms with Crippen LogP contribution in [0.2, 0.25) is 0 Å². The van der Waals surface area contributed by atoms with Crippen molar-refractivity contribution in [3.8, 4) is 34.4 Å². The van der Waals surface area contributed by atoms with Gasteiger partial charge in [-0.3, -0.25) is 4.79 Å². The molecule has 0 fully saturated rings. The summed E-state index contributed by atoms with van der Waals surface area (Å²) in [5.74, 6) is 1.72. The summed E-state index contributed by atoms with van der Waals surface area (Å²) < 4.78 is 16.5. The van der Waals surface area contributed by atoms with Crippen LogP contribution in [0.15, 0.2) is 83.3 Å². The lowest BCUT2D eigenvalue weighted by atomic mass is 10.2. The third-order valence-corrected chi connectivity index (χ3v) is 4.30. The Morgan fingerprint density at radius 2 is 1.50 bits per heavy atom. The van der Waals surface area contributed by atoms with Crippen LogP contribution in [0.5, 0.6) is 11.5 Å². The first kappa shape index (κ1) is 19.2.